The third-order valence-corrected chi connectivity index (χ3v) is 2.80. The van der Waals surface area contributed by atoms with Crippen molar-refractivity contribution in [2.75, 3.05) is 6.54 Å². The van der Waals surface area contributed by atoms with E-state index >= 15 is 0 Å². The summed E-state index contributed by atoms with van der Waals surface area (Å²) in [5.41, 5.74) is 0. The quantitative estimate of drug-likeness (QED) is 0.808. The lowest BCUT2D eigenvalue weighted by Gasteiger charge is -2.24. The van der Waals surface area contributed by atoms with Crippen LogP contribution in [0.2, 0.25) is 0 Å². The van der Waals surface area contributed by atoms with E-state index in [1.54, 1.807) is 0 Å². The van der Waals surface area contributed by atoms with Gasteiger partial charge >= 0.3 is 0 Å². The second kappa shape index (κ2) is 5.99. The Labute approximate surface area is 97.8 Å². The zero-order chi connectivity index (χ0) is 12.1. The molecule has 0 fully saturated rings. The zero-order valence-electron chi connectivity index (χ0n) is 10.9. The van der Waals surface area contributed by atoms with Gasteiger partial charge in [-0.05, 0) is 32.7 Å². The molecule has 0 aliphatic heterocycles. The fourth-order valence-corrected chi connectivity index (χ4v) is 2.02. The molecule has 92 valence electrons. The van der Waals surface area contributed by atoms with Gasteiger partial charge in [0.25, 0.3) is 0 Å². The summed E-state index contributed by atoms with van der Waals surface area (Å²) in [5.74, 6) is 2.24. The Morgan fingerprint density at radius 1 is 1.31 bits per heavy atom. The maximum Gasteiger partial charge on any atom is 0.231 e. The van der Waals surface area contributed by atoms with Gasteiger partial charge in [-0.2, -0.15) is 4.98 Å². The van der Waals surface area contributed by atoms with Crippen molar-refractivity contribution in [3.63, 3.8) is 0 Å². The molecule has 1 heterocycles. The van der Waals surface area contributed by atoms with E-state index < -0.39 is 0 Å². The number of hydrogen-bond acceptors (Lipinski definition) is 4. The minimum atomic E-state index is 0.285. The number of nitrogens with one attached hydrogen (secondary N) is 1. The molecule has 0 bridgehead atoms. The molecule has 0 saturated heterocycles. The molecule has 1 N–H and O–H groups in total. The van der Waals surface area contributed by atoms with Crippen LogP contribution in [-0.4, -0.2) is 22.7 Å². The lowest BCUT2D eigenvalue weighted by molar-refractivity contribution is 0.279. The fourth-order valence-electron chi connectivity index (χ4n) is 2.02. The highest BCUT2D eigenvalue weighted by Crippen LogP contribution is 2.26. The van der Waals surface area contributed by atoms with Crippen LogP contribution >= 0.6 is 0 Å². The lowest BCUT2D eigenvalue weighted by atomic mass is 9.89. The molecule has 16 heavy (non-hydrogen) atoms. The van der Waals surface area contributed by atoms with Crippen molar-refractivity contribution in [2.24, 2.45) is 5.92 Å². The van der Waals surface area contributed by atoms with Crippen molar-refractivity contribution in [1.82, 2.24) is 15.5 Å². The van der Waals surface area contributed by atoms with E-state index in [2.05, 4.69) is 43.2 Å². The van der Waals surface area contributed by atoms with Gasteiger partial charge < -0.3 is 9.84 Å². The molecule has 2 atom stereocenters. The molecule has 0 aliphatic rings. The van der Waals surface area contributed by atoms with Crippen LogP contribution in [0, 0.1) is 12.8 Å². The Morgan fingerprint density at radius 3 is 2.44 bits per heavy atom. The van der Waals surface area contributed by atoms with Crippen LogP contribution in [0.5, 0.6) is 0 Å². The molecule has 0 amide bonds. The maximum absolute atomic E-state index is 5.29. The summed E-state index contributed by atoms with van der Waals surface area (Å²) in [6.45, 7) is 11.6. The molecule has 0 saturated carbocycles. The van der Waals surface area contributed by atoms with Crippen LogP contribution in [0.15, 0.2) is 4.52 Å². The predicted octanol–water partition coefficient (Wildman–Crippen LogP) is 2.51. The second-order valence-corrected chi connectivity index (χ2v) is 4.69. The summed E-state index contributed by atoms with van der Waals surface area (Å²) in [5, 5.41) is 7.36. The monoisotopic (exact) mass is 225 g/mol. The Balaban J connectivity index is 2.74. The number of nitrogens with zero attached hydrogens (tertiary/aromatic N) is 2. The topological polar surface area (TPSA) is 51.0 Å². The first-order chi connectivity index (χ1) is 7.56. The van der Waals surface area contributed by atoms with Crippen molar-refractivity contribution < 1.29 is 4.52 Å². The fraction of sp³-hybridized carbons (Fsp3) is 0.833. The first-order valence-electron chi connectivity index (χ1n) is 6.09. The summed E-state index contributed by atoms with van der Waals surface area (Å²) in [6.07, 6.45) is 1.14. The minimum absolute atomic E-state index is 0.285. The van der Waals surface area contributed by atoms with Crippen LogP contribution < -0.4 is 5.32 Å². The van der Waals surface area contributed by atoms with Crippen molar-refractivity contribution in [3.05, 3.63) is 11.7 Å². The molecule has 2 unspecified atom stereocenters. The summed E-state index contributed by atoms with van der Waals surface area (Å²) in [6, 6.07) is 0.361. The van der Waals surface area contributed by atoms with Gasteiger partial charge in [0.1, 0.15) is 0 Å². The van der Waals surface area contributed by atoms with E-state index in [1.165, 1.54) is 0 Å². The van der Waals surface area contributed by atoms with Gasteiger partial charge in [-0.25, -0.2) is 0 Å². The van der Waals surface area contributed by atoms with E-state index in [1.807, 2.05) is 6.92 Å². The molecule has 1 rings (SSSR count). The number of hydrogen-bond donors (Lipinski definition) is 1. The molecule has 0 spiro atoms. The molecule has 0 radical (unpaired) electrons. The largest absolute Gasteiger partial charge is 0.339 e. The van der Waals surface area contributed by atoms with Crippen LogP contribution in [0.4, 0.5) is 0 Å². The summed E-state index contributed by atoms with van der Waals surface area (Å²) in [7, 11) is 0. The van der Waals surface area contributed by atoms with Crippen molar-refractivity contribution in [1.29, 1.82) is 0 Å². The molecule has 4 heteroatoms. The van der Waals surface area contributed by atoms with Crippen molar-refractivity contribution >= 4 is 0 Å². The van der Waals surface area contributed by atoms with Gasteiger partial charge in [0.15, 0.2) is 5.82 Å². The Hall–Kier alpha value is -0.900. The smallest absolute Gasteiger partial charge is 0.231 e. The molecular weight excluding hydrogens is 202 g/mol. The molecule has 1 aromatic rings. The number of aryl methyl sites for hydroxylation is 1. The highest BCUT2D eigenvalue weighted by Gasteiger charge is 2.27. The molecule has 4 nitrogen and oxygen atoms in total. The lowest BCUT2D eigenvalue weighted by Crippen LogP contribution is -2.35. The molecular formula is C12H23N3O. The zero-order valence-corrected chi connectivity index (χ0v) is 10.9. The van der Waals surface area contributed by atoms with Crippen LogP contribution in [0.1, 0.15) is 51.7 Å². The third-order valence-electron chi connectivity index (χ3n) is 2.80. The van der Waals surface area contributed by atoms with Gasteiger partial charge in [0, 0.05) is 6.04 Å². The standard InChI is InChI=1S/C12H23N3O/c1-6-7-13-9(4)11(8(2)3)12-14-10(5)15-16-12/h8-9,11,13H,6-7H2,1-5H3. The van der Waals surface area contributed by atoms with Gasteiger partial charge in [0.05, 0.1) is 5.92 Å². The van der Waals surface area contributed by atoms with E-state index in [-0.39, 0.29) is 5.92 Å². The maximum atomic E-state index is 5.29. The van der Waals surface area contributed by atoms with Gasteiger partial charge in [0.2, 0.25) is 5.89 Å². The highest BCUT2D eigenvalue weighted by molar-refractivity contribution is 4.99. The normalized spacial score (nSPS) is 15.4. The summed E-state index contributed by atoms with van der Waals surface area (Å²) in [4.78, 5) is 4.34. The number of aromatic nitrogens is 2. The molecule has 1 aromatic heterocycles. The van der Waals surface area contributed by atoms with Gasteiger partial charge in [-0.15, -0.1) is 0 Å². The highest BCUT2D eigenvalue weighted by atomic mass is 16.5. The first-order valence-corrected chi connectivity index (χ1v) is 6.09. The Morgan fingerprint density at radius 2 is 2.00 bits per heavy atom. The summed E-state index contributed by atoms with van der Waals surface area (Å²) >= 11 is 0. The average Bonchev–Trinajstić information content (AvgIpc) is 2.61. The Bertz CT molecular complexity index is 309. The third kappa shape index (κ3) is 3.30. The predicted molar refractivity (Wildman–Crippen MR) is 64.4 cm³/mol. The van der Waals surface area contributed by atoms with Crippen LogP contribution in [-0.2, 0) is 0 Å². The van der Waals surface area contributed by atoms with Gasteiger partial charge in [-0.1, -0.05) is 25.9 Å². The van der Waals surface area contributed by atoms with Crippen LogP contribution in [0.3, 0.4) is 0 Å². The van der Waals surface area contributed by atoms with E-state index in [4.69, 9.17) is 4.52 Å². The van der Waals surface area contributed by atoms with Crippen molar-refractivity contribution in [2.45, 2.75) is 53.0 Å². The number of rotatable bonds is 6. The molecule has 0 aromatic carbocycles. The molecule has 0 aliphatic carbocycles. The first kappa shape index (κ1) is 13.2. The average molecular weight is 225 g/mol. The van der Waals surface area contributed by atoms with E-state index in [9.17, 15) is 0 Å². The van der Waals surface area contributed by atoms with E-state index in [0.29, 0.717) is 17.8 Å². The van der Waals surface area contributed by atoms with Crippen LogP contribution in [0.25, 0.3) is 0 Å². The SMILES string of the molecule is CCCNC(C)C(c1nc(C)no1)C(C)C. The van der Waals surface area contributed by atoms with Crippen molar-refractivity contribution in [3.8, 4) is 0 Å². The van der Waals surface area contributed by atoms with E-state index in [0.717, 1.165) is 18.9 Å². The summed E-state index contributed by atoms with van der Waals surface area (Å²) < 4.78 is 5.29. The second-order valence-electron chi connectivity index (χ2n) is 4.69. The Kier molecular flexibility index (Phi) is 4.93. The van der Waals surface area contributed by atoms with Gasteiger partial charge in [-0.3, -0.25) is 0 Å². The minimum Gasteiger partial charge on any atom is -0.339 e.